The predicted octanol–water partition coefficient (Wildman–Crippen LogP) is 4.15. The lowest BCUT2D eigenvalue weighted by molar-refractivity contribution is -0.0865. The smallest absolute Gasteiger partial charge is 0.315 e. The number of piperidine rings is 1. The van der Waals surface area contributed by atoms with Gasteiger partial charge in [0.05, 0.1) is 4.90 Å². The van der Waals surface area contributed by atoms with Gasteiger partial charge in [-0.3, -0.25) is 0 Å². The van der Waals surface area contributed by atoms with Gasteiger partial charge in [0.25, 0.3) is 0 Å². The van der Waals surface area contributed by atoms with E-state index in [0.29, 0.717) is 36.5 Å². The van der Waals surface area contributed by atoms with Crippen molar-refractivity contribution in [3.8, 4) is 0 Å². The molecule has 31 heavy (non-hydrogen) atoms. The van der Waals surface area contributed by atoms with Crippen molar-refractivity contribution in [1.29, 1.82) is 0 Å². The Kier molecular flexibility index (Phi) is 5.30. The maximum absolute atomic E-state index is 13.3. The van der Waals surface area contributed by atoms with Gasteiger partial charge in [-0.15, -0.1) is 0 Å². The molecule has 170 valence electrons. The molecule has 5 fully saturated rings. The summed E-state index contributed by atoms with van der Waals surface area (Å²) < 4.78 is 28.1. The van der Waals surface area contributed by atoms with Crippen LogP contribution in [0.3, 0.4) is 0 Å². The molecule has 0 spiro atoms. The molecule has 8 heteroatoms. The summed E-state index contributed by atoms with van der Waals surface area (Å²) in [4.78, 5) is 15.0. The van der Waals surface area contributed by atoms with E-state index in [2.05, 4.69) is 0 Å². The van der Waals surface area contributed by atoms with E-state index in [1.165, 1.54) is 19.3 Å². The highest BCUT2D eigenvalue weighted by molar-refractivity contribution is 7.89. The topological polar surface area (TPSA) is 83.7 Å². The Morgan fingerprint density at radius 3 is 2.16 bits per heavy atom. The summed E-state index contributed by atoms with van der Waals surface area (Å²) in [6.07, 6.45) is 8.39. The third kappa shape index (κ3) is 3.57. The number of hydrogen-bond acceptors (Lipinski definition) is 3. The van der Waals surface area contributed by atoms with E-state index in [1.54, 1.807) is 29.4 Å². The van der Waals surface area contributed by atoms with Gasteiger partial charge in [0.2, 0.25) is 10.0 Å². The van der Waals surface area contributed by atoms with Crippen LogP contribution < -0.4 is 5.73 Å². The summed E-state index contributed by atoms with van der Waals surface area (Å²) in [6.45, 7) is 2.54. The van der Waals surface area contributed by atoms with Crippen molar-refractivity contribution in [3.05, 3.63) is 28.8 Å². The van der Waals surface area contributed by atoms with Crippen molar-refractivity contribution in [3.63, 3.8) is 0 Å². The van der Waals surface area contributed by atoms with Crippen molar-refractivity contribution < 1.29 is 13.2 Å². The summed E-state index contributed by atoms with van der Waals surface area (Å²) in [7, 11) is -3.62. The molecule has 1 aromatic rings. The van der Waals surface area contributed by atoms with Gasteiger partial charge in [0, 0.05) is 29.7 Å². The molecule has 2 amide bonds. The Morgan fingerprint density at radius 1 is 1.10 bits per heavy atom. The first-order valence-corrected chi connectivity index (χ1v) is 13.4. The van der Waals surface area contributed by atoms with Crippen molar-refractivity contribution in [2.24, 2.45) is 23.5 Å². The van der Waals surface area contributed by atoms with Gasteiger partial charge in [0.1, 0.15) is 0 Å². The van der Waals surface area contributed by atoms with Crippen molar-refractivity contribution in [2.45, 2.75) is 74.8 Å². The van der Waals surface area contributed by atoms with Crippen LogP contribution in [-0.4, -0.2) is 48.3 Å². The summed E-state index contributed by atoms with van der Waals surface area (Å²) in [6, 6.07) is 4.69. The lowest BCUT2D eigenvalue weighted by Gasteiger charge is -2.61. The van der Waals surface area contributed by atoms with Crippen LogP contribution in [0.2, 0.25) is 5.02 Å². The van der Waals surface area contributed by atoms with Crippen LogP contribution in [0.25, 0.3) is 0 Å². The number of carbonyl (C=O) groups is 1. The maximum Gasteiger partial charge on any atom is 0.315 e. The first kappa shape index (κ1) is 21.5. The van der Waals surface area contributed by atoms with Crippen LogP contribution in [0.15, 0.2) is 23.1 Å². The number of halogens is 1. The minimum atomic E-state index is -3.62. The van der Waals surface area contributed by atoms with E-state index in [4.69, 9.17) is 17.3 Å². The quantitative estimate of drug-likeness (QED) is 0.724. The first-order valence-electron chi connectivity index (χ1n) is 11.5. The average Bonchev–Trinajstić information content (AvgIpc) is 2.69. The number of rotatable bonds is 4. The molecule has 0 aromatic heterocycles. The first-order chi connectivity index (χ1) is 14.7. The van der Waals surface area contributed by atoms with Gasteiger partial charge in [-0.25, -0.2) is 13.2 Å². The van der Waals surface area contributed by atoms with E-state index >= 15 is 0 Å². The third-order valence-electron chi connectivity index (χ3n) is 8.38. The largest absolute Gasteiger partial charge is 0.351 e. The highest BCUT2D eigenvalue weighted by atomic mass is 35.5. The molecule has 5 aliphatic rings. The molecule has 0 atom stereocenters. The standard InChI is InChI=1S/C23H32ClN3O3S/c1-15-20(24)3-2-4-21(15)31(29,30)26-7-5-19(6-8-26)27(22(25)28)23-12-16-9-17(13-23)11-18(10-16)14-23/h2-4,16-19H,5-14H2,1H3,(H2,25,28). The highest BCUT2D eigenvalue weighted by Gasteiger charge is 2.56. The number of sulfonamides is 1. The van der Waals surface area contributed by atoms with Gasteiger partial charge in [0.15, 0.2) is 0 Å². The molecule has 2 N–H and O–H groups in total. The van der Waals surface area contributed by atoms with Crippen LogP contribution in [0.1, 0.15) is 56.9 Å². The van der Waals surface area contributed by atoms with Crippen molar-refractivity contribution in [1.82, 2.24) is 9.21 Å². The zero-order valence-electron chi connectivity index (χ0n) is 18.1. The zero-order chi connectivity index (χ0) is 22.0. The summed E-state index contributed by atoms with van der Waals surface area (Å²) >= 11 is 6.17. The molecule has 0 radical (unpaired) electrons. The fourth-order valence-electron chi connectivity index (χ4n) is 7.51. The number of benzene rings is 1. The second-order valence-corrected chi connectivity index (χ2v) is 12.7. The summed E-state index contributed by atoms with van der Waals surface area (Å²) in [5.41, 5.74) is 6.46. The molecular formula is C23H32ClN3O3S. The minimum absolute atomic E-state index is 0.0145. The van der Waals surface area contributed by atoms with Gasteiger partial charge in [-0.1, -0.05) is 17.7 Å². The van der Waals surface area contributed by atoms with Crippen LogP contribution in [0.4, 0.5) is 4.79 Å². The molecule has 1 aliphatic heterocycles. The number of carbonyl (C=O) groups excluding carboxylic acids is 1. The highest BCUT2D eigenvalue weighted by Crippen LogP contribution is 2.58. The Labute approximate surface area is 190 Å². The summed E-state index contributed by atoms with van der Waals surface area (Å²) in [5, 5.41) is 0.456. The molecule has 4 saturated carbocycles. The molecule has 1 aromatic carbocycles. The molecule has 6 nitrogen and oxygen atoms in total. The van der Waals surface area contributed by atoms with Crippen LogP contribution in [-0.2, 0) is 10.0 Å². The number of nitrogens with two attached hydrogens (primary N) is 1. The molecule has 6 rings (SSSR count). The molecule has 4 aliphatic carbocycles. The van der Waals surface area contributed by atoms with Crippen molar-refractivity contribution >= 4 is 27.7 Å². The van der Waals surface area contributed by atoms with Gasteiger partial charge >= 0.3 is 6.03 Å². The minimum Gasteiger partial charge on any atom is -0.351 e. The monoisotopic (exact) mass is 465 g/mol. The molecular weight excluding hydrogens is 434 g/mol. The van der Waals surface area contributed by atoms with E-state index in [-0.39, 0.29) is 22.5 Å². The number of urea groups is 1. The number of hydrogen-bond donors (Lipinski definition) is 1. The Hall–Kier alpha value is -1.31. The van der Waals surface area contributed by atoms with Gasteiger partial charge in [-0.2, -0.15) is 4.31 Å². The van der Waals surface area contributed by atoms with Crippen LogP contribution in [0, 0.1) is 24.7 Å². The summed E-state index contributed by atoms with van der Waals surface area (Å²) in [5.74, 6) is 2.16. The Morgan fingerprint density at radius 2 is 1.65 bits per heavy atom. The lowest BCUT2D eigenvalue weighted by Crippen LogP contribution is -2.66. The van der Waals surface area contributed by atoms with E-state index in [0.717, 1.165) is 37.0 Å². The lowest BCUT2D eigenvalue weighted by atomic mass is 9.52. The number of amides is 2. The van der Waals surface area contributed by atoms with E-state index in [1.807, 2.05) is 4.90 Å². The maximum atomic E-state index is 13.3. The molecule has 1 heterocycles. The fourth-order valence-corrected chi connectivity index (χ4v) is 9.46. The Balaban J connectivity index is 1.34. The number of primary amides is 1. The second kappa shape index (κ2) is 7.63. The molecule has 4 bridgehead atoms. The van der Waals surface area contributed by atoms with E-state index in [9.17, 15) is 13.2 Å². The molecule has 0 unspecified atom stereocenters. The Bertz CT molecular complexity index is 952. The average molecular weight is 466 g/mol. The van der Waals surface area contributed by atoms with E-state index < -0.39 is 10.0 Å². The third-order valence-corrected chi connectivity index (χ3v) is 10.8. The zero-order valence-corrected chi connectivity index (χ0v) is 19.7. The number of nitrogens with zero attached hydrogens (tertiary/aromatic N) is 2. The predicted molar refractivity (Wildman–Crippen MR) is 120 cm³/mol. The van der Waals surface area contributed by atoms with Gasteiger partial charge in [-0.05, 0) is 93.7 Å². The van der Waals surface area contributed by atoms with Gasteiger partial charge < -0.3 is 10.6 Å². The SMILES string of the molecule is Cc1c(Cl)cccc1S(=O)(=O)N1CCC(N(C(N)=O)C23CC4CC(CC(C4)C2)C3)CC1. The van der Waals surface area contributed by atoms with Crippen LogP contribution >= 0.6 is 11.6 Å². The second-order valence-electron chi connectivity index (χ2n) is 10.3. The normalized spacial score (nSPS) is 33.5. The van der Waals surface area contributed by atoms with Crippen molar-refractivity contribution in [2.75, 3.05) is 13.1 Å². The van der Waals surface area contributed by atoms with Crippen LogP contribution in [0.5, 0.6) is 0 Å². The molecule has 1 saturated heterocycles. The fraction of sp³-hybridized carbons (Fsp3) is 0.696.